The van der Waals surface area contributed by atoms with E-state index in [2.05, 4.69) is 20.8 Å². The van der Waals surface area contributed by atoms with Gasteiger partial charge in [-0.15, -0.1) is 0 Å². The molecule has 0 spiro atoms. The van der Waals surface area contributed by atoms with Gasteiger partial charge in [-0.2, -0.15) is 4.31 Å². The van der Waals surface area contributed by atoms with Gasteiger partial charge in [-0.1, -0.05) is 29.8 Å². The standard InChI is InChI=1S/C17H18BrClN2O2S/c1-13-11-15(18)17(12-16(13)19)24(22,23)21-9-7-20(8-10-21)14-5-3-2-4-6-14/h2-6,11-12H,7-10H2,1H3. The Balaban J connectivity index is 1.79. The highest BCUT2D eigenvalue weighted by Gasteiger charge is 2.30. The topological polar surface area (TPSA) is 40.6 Å². The zero-order valence-corrected chi connectivity index (χ0v) is 16.4. The zero-order chi connectivity index (χ0) is 17.3. The second kappa shape index (κ2) is 7.04. The summed E-state index contributed by atoms with van der Waals surface area (Å²) in [5, 5.41) is 0.458. The molecule has 0 atom stereocenters. The highest BCUT2D eigenvalue weighted by atomic mass is 79.9. The lowest BCUT2D eigenvalue weighted by Gasteiger charge is -2.35. The van der Waals surface area contributed by atoms with Crippen molar-refractivity contribution in [2.75, 3.05) is 31.1 Å². The van der Waals surface area contributed by atoms with Gasteiger partial charge in [-0.3, -0.25) is 0 Å². The third kappa shape index (κ3) is 3.47. The zero-order valence-electron chi connectivity index (χ0n) is 13.2. The summed E-state index contributed by atoms with van der Waals surface area (Å²) in [7, 11) is -3.56. The fourth-order valence-corrected chi connectivity index (χ4v) is 5.58. The van der Waals surface area contributed by atoms with E-state index in [-0.39, 0.29) is 4.90 Å². The molecule has 24 heavy (non-hydrogen) atoms. The minimum Gasteiger partial charge on any atom is -0.369 e. The fraction of sp³-hybridized carbons (Fsp3) is 0.294. The van der Waals surface area contributed by atoms with Crippen LogP contribution in [0.1, 0.15) is 5.56 Å². The SMILES string of the molecule is Cc1cc(Br)c(S(=O)(=O)N2CCN(c3ccccc3)CC2)cc1Cl. The Morgan fingerprint density at radius 1 is 1.04 bits per heavy atom. The number of anilines is 1. The minimum atomic E-state index is -3.56. The predicted molar refractivity (Wildman–Crippen MR) is 101 cm³/mol. The van der Waals surface area contributed by atoms with Crippen LogP contribution in [0.5, 0.6) is 0 Å². The molecule has 0 bridgehead atoms. The third-order valence-electron chi connectivity index (χ3n) is 4.19. The summed E-state index contributed by atoms with van der Waals surface area (Å²) in [5.41, 5.74) is 1.96. The number of rotatable bonds is 3. The van der Waals surface area contributed by atoms with Crippen LogP contribution in [0.4, 0.5) is 5.69 Å². The van der Waals surface area contributed by atoms with Crippen LogP contribution < -0.4 is 4.90 Å². The predicted octanol–water partition coefficient (Wildman–Crippen LogP) is 3.92. The minimum absolute atomic E-state index is 0.228. The van der Waals surface area contributed by atoms with Gasteiger partial charge in [-0.05, 0) is 52.7 Å². The first kappa shape index (κ1) is 17.7. The average Bonchev–Trinajstić information content (AvgIpc) is 2.59. The van der Waals surface area contributed by atoms with E-state index in [0.717, 1.165) is 11.3 Å². The summed E-state index contributed by atoms with van der Waals surface area (Å²) in [4.78, 5) is 2.43. The van der Waals surface area contributed by atoms with Crippen molar-refractivity contribution in [1.82, 2.24) is 4.31 Å². The number of hydrogen-bond donors (Lipinski definition) is 0. The van der Waals surface area contributed by atoms with Crippen LogP contribution >= 0.6 is 27.5 Å². The number of sulfonamides is 1. The number of benzene rings is 2. The molecule has 1 saturated heterocycles. The van der Waals surface area contributed by atoms with Gasteiger partial charge >= 0.3 is 0 Å². The van der Waals surface area contributed by atoms with Gasteiger partial charge < -0.3 is 4.90 Å². The molecule has 1 fully saturated rings. The average molecular weight is 430 g/mol. The summed E-state index contributed by atoms with van der Waals surface area (Å²) in [5.74, 6) is 0. The van der Waals surface area contributed by atoms with Crippen molar-refractivity contribution in [1.29, 1.82) is 0 Å². The van der Waals surface area contributed by atoms with Crippen molar-refractivity contribution in [2.45, 2.75) is 11.8 Å². The van der Waals surface area contributed by atoms with Crippen LogP contribution in [0.2, 0.25) is 5.02 Å². The Kier molecular flexibility index (Phi) is 5.20. The van der Waals surface area contributed by atoms with E-state index in [9.17, 15) is 8.42 Å². The Labute approximate surface area is 156 Å². The summed E-state index contributed by atoms with van der Waals surface area (Å²) >= 11 is 9.48. The van der Waals surface area contributed by atoms with Crippen LogP contribution in [0.15, 0.2) is 51.8 Å². The molecule has 2 aromatic rings. The molecule has 1 heterocycles. The number of halogens is 2. The Bertz CT molecular complexity index is 835. The van der Waals surface area contributed by atoms with Gasteiger partial charge in [-0.25, -0.2) is 8.42 Å². The van der Waals surface area contributed by atoms with Crippen molar-refractivity contribution >= 4 is 43.2 Å². The first-order valence-electron chi connectivity index (χ1n) is 7.65. The number of piperazine rings is 1. The number of aryl methyl sites for hydroxylation is 1. The van der Waals surface area contributed by atoms with Crippen LogP contribution in [0.25, 0.3) is 0 Å². The molecular formula is C17H18BrClN2O2S. The van der Waals surface area contributed by atoms with Gasteiger partial charge in [0.1, 0.15) is 0 Å². The number of para-hydroxylation sites is 1. The monoisotopic (exact) mass is 428 g/mol. The maximum Gasteiger partial charge on any atom is 0.244 e. The molecular weight excluding hydrogens is 412 g/mol. The van der Waals surface area contributed by atoms with Gasteiger partial charge in [0.25, 0.3) is 0 Å². The number of hydrogen-bond acceptors (Lipinski definition) is 3. The van der Waals surface area contributed by atoms with Crippen molar-refractivity contribution in [3.63, 3.8) is 0 Å². The first-order valence-corrected chi connectivity index (χ1v) is 10.3. The molecule has 0 radical (unpaired) electrons. The molecule has 128 valence electrons. The fourth-order valence-electron chi connectivity index (χ4n) is 2.79. The first-order chi connectivity index (χ1) is 11.4. The molecule has 0 aromatic heterocycles. The molecule has 0 N–H and O–H groups in total. The molecule has 0 unspecified atom stereocenters. The van der Waals surface area contributed by atoms with E-state index in [0.29, 0.717) is 35.7 Å². The van der Waals surface area contributed by atoms with Crippen molar-refractivity contribution in [3.05, 3.63) is 57.5 Å². The summed E-state index contributed by atoms with van der Waals surface area (Å²) in [6, 6.07) is 13.3. The van der Waals surface area contributed by atoms with Crippen LogP contribution in [-0.4, -0.2) is 38.9 Å². The van der Waals surface area contributed by atoms with Gasteiger partial charge in [0.15, 0.2) is 0 Å². The van der Waals surface area contributed by atoms with E-state index in [1.165, 1.54) is 10.4 Å². The summed E-state index contributed by atoms with van der Waals surface area (Å²) < 4.78 is 27.9. The summed E-state index contributed by atoms with van der Waals surface area (Å²) in [6.45, 7) is 4.09. The van der Waals surface area contributed by atoms with E-state index in [4.69, 9.17) is 11.6 Å². The second-order valence-corrected chi connectivity index (χ2v) is 8.93. The maximum absolute atomic E-state index is 12.9. The van der Waals surface area contributed by atoms with Crippen LogP contribution in [-0.2, 0) is 10.0 Å². The molecule has 0 aliphatic carbocycles. The smallest absolute Gasteiger partial charge is 0.244 e. The van der Waals surface area contributed by atoms with Crippen molar-refractivity contribution < 1.29 is 8.42 Å². The maximum atomic E-state index is 12.9. The Morgan fingerprint density at radius 2 is 1.67 bits per heavy atom. The lowest BCUT2D eigenvalue weighted by atomic mass is 10.2. The van der Waals surface area contributed by atoms with E-state index in [1.807, 2.05) is 37.3 Å². The van der Waals surface area contributed by atoms with Crippen molar-refractivity contribution in [2.24, 2.45) is 0 Å². The number of nitrogens with zero attached hydrogens (tertiary/aromatic N) is 2. The van der Waals surface area contributed by atoms with Gasteiger partial charge in [0.2, 0.25) is 10.0 Å². The molecule has 7 heteroatoms. The normalized spacial score (nSPS) is 16.4. The molecule has 1 aliphatic heterocycles. The molecule has 0 amide bonds. The van der Waals surface area contributed by atoms with Gasteiger partial charge in [0.05, 0.1) is 4.90 Å². The Hall–Kier alpha value is -1.08. The lowest BCUT2D eigenvalue weighted by molar-refractivity contribution is 0.384. The molecule has 0 saturated carbocycles. The van der Waals surface area contributed by atoms with Crippen molar-refractivity contribution in [3.8, 4) is 0 Å². The molecule has 3 rings (SSSR count). The van der Waals surface area contributed by atoms with E-state index >= 15 is 0 Å². The van der Waals surface area contributed by atoms with E-state index in [1.54, 1.807) is 6.07 Å². The molecule has 4 nitrogen and oxygen atoms in total. The Morgan fingerprint density at radius 3 is 2.29 bits per heavy atom. The largest absolute Gasteiger partial charge is 0.369 e. The summed E-state index contributed by atoms with van der Waals surface area (Å²) in [6.07, 6.45) is 0. The third-order valence-corrected chi connectivity index (χ3v) is 7.46. The van der Waals surface area contributed by atoms with Crippen LogP contribution in [0.3, 0.4) is 0 Å². The second-order valence-electron chi connectivity index (χ2n) is 5.76. The molecule has 1 aliphatic rings. The lowest BCUT2D eigenvalue weighted by Crippen LogP contribution is -2.48. The van der Waals surface area contributed by atoms with Crippen LogP contribution in [0, 0.1) is 6.92 Å². The highest BCUT2D eigenvalue weighted by molar-refractivity contribution is 9.10. The quantitative estimate of drug-likeness (QED) is 0.742. The highest BCUT2D eigenvalue weighted by Crippen LogP contribution is 2.31. The van der Waals surface area contributed by atoms with E-state index < -0.39 is 10.0 Å². The molecule has 2 aromatic carbocycles. The van der Waals surface area contributed by atoms with Gasteiger partial charge in [0, 0.05) is 41.4 Å².